The Morgan fingerprint density at radius 1 is 0.906 bits per heavy atom. The Bertz CT molecular complexity index is 638. The van der Waals surface area contributed by atoms with Gasteiger partial charge in [0.05, 0.1) is 0 Å². The van der Waals surface area contributed by atoms with Crippen LogP contribution in [-0.4, -0.2) is 30.0 Å². The van der Waals surface area contributed by atoms with Crippen LogP contribution in [0.1, 0.15) is 110 Å². The summed E-state index contributed by atoms with van der Waals surface area (Å²) in [5.74, 6) is -1.99. The van der Waals surface area contributed by atoms with Crippen LogP contribution in [0.25, 0.3) is 0 Å². The molecule has 0 aliphatic carbocycles. The molecule has 1 aliphatic rings. The van der Waals surface area contributed by atoms with Gasteiger partial charge in [-0.15, -0.1) is 0 Å². The molecular weight excluding hydrogens is 406 g/mol. The van der Waals surface area contributed by atoms with E-state index < -0.39 is 17.8 Å². The van der Waals surface area contributed by atoms with Crippen molar-refractivity contribution in [2.75, 3.05) is 0 Å². The molecule has 0 spiro atoms. The van der Waals surface area contributed by atoms with E-state index in [0.717, 1.165) is 25.7 Å². The Balaban J connectivity index is 2.09. The van der Waals surface area contributed by atoms with E-state index in [1.54, 1.807) is 0 Å². The molecule has 1 amide bonds. The van der Waals surface area contributed by atoms with Gasteiger partial charge in [-0.25, -0.2) is 4.79 Å². The number of Topliss-reactive ketones (excluding diaryl/α,β-unsaturated/α-hetero) is 1. The minimum atomic E-state index is -0.850. The number of aldehydes is 1. The van der Waals surface area contributed by atoms with Crippen molar-refractivity contribution in [2.45, 2.75) is 116 Å². The number of ketones is 1. The minimum Gasteiger partial charge on any atom is -0.421 e. The Kier molecular flexibility index (Phi) is 15.9. The predicted octanol–water partition coefficient (Wildman–Crippen LogP) is 5.50. The number of nitrogens with one attached hydrogen (secondary N) is 1. The zero-order valence-corrected chi connectivity index (χ0v) is 19.7. The first-order valence-electron chi connectivity index (χ1n) is 12.4. The van der Waals surface area contributed by atoms with Crippen molar-refractivity contribution < 1.29 is 23.9 Å². The lowest BCUT2D eigenvalue weighted by atomic mass is 10.1. The van der Waals surface area contributed by atoms with E-state index in [9.17, 15) is 19.2 Å². The standard InChI is InChI=1S/C26H41NO5/c1-2-3-4-5-6-7-8-9-10-11-12-13-14-15-16-17-18-24(23(29)21-28)32-26(31)22-19-20-25(30)27-22/h8-9,18,21-22H,2-7,10-17,19-20H2,1H3,(H,27,30). The number of unbranched alkanes of at least 4 members (excludes halogenated alkanes) is 12. The second-order valence-electron chi connectivity index (χ2n) is 8.50. The summed E-state index contributed by atoms with van der Waals surface area (Å²) in [5, 5.41) is 2.50. The monoisotopic (exact) mass is 447 g/mol. The van der Waals surface area contributed by atoms with Crippen LogP contribution in [0.2, 0.25) is 0 Å². The Labute approximate surface area is 193 Å². The lowest BCUT2D eigenvalue weighted by Crippen LogP contribution is -2.35. The molecule has 1 N–H and O–H groups in total. The second-order valence-corrected chi connectivity index (χ2v) is 8.50. The molecule has 6 nitrogen and oxygen atoms in total. The third kappa shape index (κ3) is 13.2. The van der Waals surface area contributed by atoms with Crippen LogP contribution in [0.4, 0.5) is 0 Å². The molecule has 1 unspecified atom stereocenters. The quantitative estimate of drug-likeness (QED) is 0.0537. The molecular formula is C26H41NO5. The van der Waals surface area contributed by atoms with Crippen molar-refractivity contribution in [3.8, 4) is 0 Å². The van der Waals surface area contributed by atoms with Gasteiger partial charge in [0.25, 0.3) is 5.78 Å². The number of hydrogen-bond acceptors (Lipinski definition) is 5. The summed E-state index contributed by atoms with van der Waals surface area (Å²) in [7, 11) is 0. The van der Waals surface area contributed by atoms with Gasteiger partial charge in [-0.1, -0.05) is 70.4 Å². The molecule has 180 valence electrons. The fourth-order valence-electron chi connectivity index (χ4n) is 3.67. The molecule has 0 bridgehead atoms. The van der Waals surface area contributed by atoms with E-state index in [1.165, 1.54) is 63.9 Å². The highest BCUT2D eigenvalue weighted by molar-refractivity contribution is 6.32. The molecule has 0 aromatic carbocycles. The smallest absolute Gasteiger partial charge is 0.334 e. The van der Waals surface area contributed by atoms with Crippen LogP contribution >= 0.6 is 0 Å². The van der Waals surface area contributed by atoms with Gasteiger partial charge in [0, 0.05) is 6.42 Å². The number of esters is 1. The molecule has 0 saturated carbocycles. The molecule has 1 fully saturated rings. The largest absolute Gasteiger partial charge is 0.421 e. The molecule has 0 radical (unpaired) electrons. The lowest BCUT2D eigenvalue weighted by molar-refractivity contribution is -0.145. The maximum absolute atomic E-state index is 12.0. The van der Waals surface area contributed by atoms with Crippen LogP contribution in [0.15, 0.2) is 24.0 Å². The molecule has 1 atom stereocenters. The van der Waals surface area contributed by atoms with Crippen molar-refractivity contribution in [1.29, 1.82) is 0 Å². The average Bonchev–Trinajstić information content (AvgIpc) is 3.23. The summed E-state index contributed by atoms with van der Waals surface area (Å²) in [5.41, 5.74) is 0. The number of allylic oxidation sites excluding steroid dienone is 4. The molecule has 1 aliphatic heterocycles. The zero-order chi connectivity index (χ0) is 23.4. The molecule has 1 heterocycles. The summed E-state index contributed by atoms with van der Waals surface area (Å²) >= 11 is 0. The summed E-state index contributed by atoms with van der Waals surface area (Å²) in [6.45, 7) is 2.24. The number of ether oxygens (including phenoxy) is 1. The van der Waals surface area contributed by atoms with E-state index in [1.807, 2.05) is 0 Å². The minimum absolute atomic E-state index is 0.146. The third-order valence-corrected chi connectivity index (χ3v) is 5.64. The molecule has 0 aromatic heterocycles. The van der Waals surface area contributed by atoms with E-state index >= 15 is 0 Å². The van der Waals surface area contributed by atoms with Crippen molar-refractivity contribution in [3.63, 3.8) is 0 Å². The summed E-state index contributed by atoms with van der Waals surface area (Å²) < 4.78 is 5.08. The number of rotatable bonds is 19. The van der Waals surface area contributed by atoms with Crippen molar-refractivity contribution in [2.24, 2.45) is 0 Å². The number of amides is 1. The van der Waals surface area contributed by atoms with Crippen LogP contribution in [-0.2, 0) is 23.9 Å². The highest BCUT2D eigenvalue weighted by Crippen LogP contribution is 2.14. The summed E-state index contributed by atoms with van der Waals surface area (Å²) in [6.07, 6.45) is 23.1. The van der Waals surface area contributed by atoms with Gasteiger partial charge in [-0.2, -0.15) is 0 Å². The van der Waals surface area contributed by atoms with Crippen LogP contribution in [0.5, 0.6) is 0 Å². The van der Waals surface area contributed by atoms with Gasteiger partial charge in [0.2, 0.25) is 5.91 Å². The van der Waals surface area contributed by atoms with E-state index in [-0.39, 0.29) is 24.4 Å². The van der Waals surface area contributed by atoms with Crippen molar-refractivity contribution in [1.82, 2.24) is 5.32 Å². The van der Waals surface area contributed by atoms with Gasteiger partial charge in [-0.05, 0) is 51.0 Å². The van der Waals surface area contributed by atoms with Crippen molar-refractivity contribution >= 4 is 23.9 Å². The first-order valence-corrected chi connectivity index (χ1v) is 12.4. The molecule has 6 heteroatoms. The van der Waals surface area contributed by atoms with Gasteiger partial charge >= 0.3 is 5.97 Å². The normalized spacial score (nSPS) is 16.3. The Morgan fingerprint density at radius 3 is 2.00 bits per heavy atom. The first-order chi connectivity index (χ1) is 15.6. The Hall–Kier alpha value is -2.24. The molecule has 32 heavy (non-hydrogen) atoms. The molecule has 1 saturated heterocycles. The fourth-order valence-corrected chi connectivity index (χ4v) is 3.67. The second kappa shape index (κ2) is 18.3. The topological polar surface area (TPSA) is 89.5 Å². The Morgan fingerprint density at radius 2 is 1.47 bits per heavy atom. The van der Waals surface area contributed by atoms with E-state index in [2.05, 4.69) is 24.4 Å². The maximum atomic E-state index is 12.0. The number of carbonyl (C=O) groups excluding carboxylic acids is 4. The molecule has 0 aromatic rings. The molecule has 1 rings (SSSR count). The van der Waals surface area contributed by atoms with Crippen molar-refractivity contribution in [3.05, 3.63) is 24.0 Å². The van der Waals surface area contributed by atoms with Gasteiger partial charge in [-0.3, -0.25) is 14.4 Å². The van der Waals surface area contributed by atoms with Gasteiger partial charge in [0.15, 0.2) is 12.0 Å². The number of hydrogen-bond donors (Lipinski definition) is 1. The number of carbonyl (C=O) groups is 4. The van der Waals surface area contributed by atoms with Gasteiger partial charge < -0.3 is 10.1 Å². The SMILES string of the molecule is CCCCCCCC=CCCCCCCCCC=C(OC(=O)C1CCC(=O)N1)C(=O)C=O. The lowest BCUT2D eigenvalue weighted by Gasteiger charge is -2.10. The van der Waals surface area contributed by atoms with E-state index in [0.29, 0.717) is 12.8 Å². The average molecular weight is 448 g/mol. The highest BCUT2D eigenvalue weighted by Gasteiger charge is 2.30. The van der Waals surface area contributed by atoms with E-state index in [4.69, 9.17) is 4.74 Å². The van der Waals surface area contributed by atoms with Crippen LogP contribution < -0.4 is 5.32 Å². The summed E-state index contributed by atoms with van der Waals surface area (Å²) in [6, 6.07) is -0.744. The highest BCUT2D eigenvalue weighted by atomic mass is 16.5. The van der Waals surface area contributed by atoms with Gasteiger partial charge in [0.1, 0.15) is 6.04 Å². The third-order valence-electron chi connectivity index (χ3n) is 5.64. The van der Waals surface area contributed by atoms with Crippen LogP contribution in [0, 0.1) is 0 Å². The zero-order valence-electron chi connectivity index (χ0n) is 19.7. The predicted molar refractivity (Wildman–Crippen MR) is 126 cm³/mol. The van der Waals surface area contributed by atoms with Crippen LogP contribution in [0.3, 0.4) is 0 Å². The fraction of sp³-hybridized carbons (Fsp3) is 0.692. The summed E-state index contributed by atoms with van der Waals surface area (Å²) in [4.78, 5) is 45.8. The maximum Gasteiger partial charge on any atom is 0.334 e. The first kappa shape index (κ1) is 27.8.